The van der Waals surface area contributed by atoms with E-state index in [1.807, 2.05) is 11.9 Å². The van der Waals surface area contributed by atoms with Gasteiger partial charge in [0.2, 0.25) is 23.6 Å². The van der Waals surface area contributed by atoms with E-state index >= 15 is 0 Å². The van der Waals surface area contributed by atoms with Crippen molar-refractivity contribution in [2.45, 2.75) is 19.8 Å². The van der Waals surface area contributed by atoms with E-state index in [1.54, 1.807) is 66.7 Å². The topological polar surface area (TPSA) is 143 Å². The van der Waals surface area contributed by atoms with Gasteiger partial charge in [-0.1, -0.05) is 0 Å². The summed E-state index contributed by atoms with van der Waals surface area (Å²) in [5, 5.41) is 12.9. The Bertz CT molecular complexity index is 1710. The molecule has 2 aliphatic heterocycles. The number of hydrogen-bond donors (Lipinski definition) is 1. The second-order valence-corrected chi connectivity index (χ2v) is 12.3. The van der Waals surface area contributed by atoms with E-state index in [1.165, 1.54) is 11.3 Å². The van der Waals surface area contributed by atoms with Crippen LogP contribution in [0.5, 0.6) is 17.2 Å². The van der Waals surface area contributed by atoms with E-state index in [-0.39, 0.29) is 36.3 Å². The van der Waals surface area contributed by atoms with Gasteiger partial charge in [-0.2, -0.15) is 0 Å². The molecule has 2 saturated heterocycles. The zero-order chi connectivity index (χ0) is 32.2. The maximum Gasteiger partial charge on any atom is 0.257 e. The quantitative estimate of drug-likeness (QED) is 0.271. The van der Waals surface area contributed by atoms with E-state index in [4.69, 9.17) is 13.9 Å². The first-order valence-electron chi connectivity index (χ1n) is 15.0. The number of rotatable bonds is 10. The highest BCUT2D eigenvalue weighted by Crippen LogP contribution is 2.31. The number of carbonyl (C=O) groups is 3. The van der Waals surface area contributed by atoms with E-state index < -0.39 is 5.91 Å². The Morgan fingerprint density at radius 2 is 1.76 bits per heavy atom. The third kappa shape index (κ3) is 7.51. The van der Waals surface area contributed by atoms with Crippen molar-refractivity contribution < 1.29 is 28.3 Å². The van der Waals surface area contributed by atoms with Crippen molar-refractivity contribution in [3.8, 4) is 28.7 Å². The monoisotopic (exact) mass is 645 g/mol. The number of anilines is 1. The van der Waals surface area contributed by atoms with Crippen LogP contribution >= 0.6 is 11.3 Å². The molecule has 2 aromatic carbocycles. The molecule has 6 rings (SSSR count). The Morgan fingerprint density at radius 1 is 1.00 bits per heavy atom. The van der Waals surface area contributed by atoms with Gasteiger partial charge in [0.25, 0.3) is 5.91 Å². The van der Waals surface area contributed by atoms with E-state index in [2.05, 4.69) is 25.4 Å². The molecule has 4 heterocycles. The summed E-state index contributed by atoms with van der Waals surface area (Å²) in [6.45, 7) is 5.67. The van der Waals surface area contributed by atoms with Gasteiger partial charge in [-0.25, -0.2) is 4.98 Å². The van der Waals surface area contributed by atoms with Gasteiger partial charge in [0.15, 0.2) is 5.13 Å². The van der Waals surface area contributed by atoms with Crippen molar-refractivity contribution in [3.05, 3.63) is 65.0 Å². The molecule has 3 amide bonds. The van der Waals surface area contributed by atoms with Crippen LogP contribution in [0.2, 0.25) is 0 Å². The number of amides is 3. The van der Waals surface area contributed by atoms with Gasteiger partial charge in [-0.3, -0.25) is 19.7 Å². The summed E-state index contributed by atoms with van der Waals surface area (Å²) in [7, 11) is 3.82. The number of thiazole rings is 1. The Kier molecular flexibility index (Phi) is 9.26. The molecule has 0 spiro atoms. The van der Waals surface area contributed by atoms with Crippen LogP contribution < -0.4 is 14.8 Å². The SMILES string of the molecule is Cc1nnc(-c2ccc(Oc3cc(OCC4CCN(C)C4=O)cc(C(=O)Nc4nc(CC(=O)N5CCN(C)CC5)cs4)c3)cc2)o1. The molecule has 240 valence electrons. The summed E-state index contributed by atoms with van der Waals surface area (Å²) in [6, 6.07) is 12.0. The van der Waals surface area contributed by atoms with Gasteiger partial charge < -0.3 is 28.6 Å². The fourth-order valence-electron chi connectivity index (χ4n) is 5.24. The molecule has 0 bridgehead atoms. The lowest BCUT2D eigenvalue weighted by Crippen LogP contribution is -2.47. The summed E-state index contributed by atoms with van der Waals surface area (Å²) < 4.78 is 17.6. The molecular weight excluding hydrogens is 610 g/mol. The minimum atomic E-state index is -0.416. The third-order valence-corrected chi connectivity index (χ3v) is 8.76. The van der Waals surface area contributed by atoms with Gasteiger partial charge >= 0.3 is 0 Å². The Labute approximate surface area is 270 Å². The molecule has 2 aliphatic rings. The standard InChI is InChI=1S/C32H35N7O6S/c1-20-35-36-30(44-20)21-4-6-25(7-5-21)45-27-15-23(14-26(17-27)43-18-22-8-9-38(3)31(22)42)29(41)34-32-33-24(19-46-32)16-28(40)39-12-10-37(2)11-13-39/h4-7,14-15,17,19,22H,8-13,16,18H2,1-3H3,(H,33,34,41). The number of likely N-dealkylation sites (N-methyl/N-ethyl adjacent to an activating group) is 1. The number of carbonyl (C=O) groups excluding carboxylic acids is 3. The van der Waals surface area contributed by atoms with E-state index in [0.29, 0.717) is 65.9 Å². The van der Waals surface area contributed by atoms with Crippen molar-refractivity contribution >= 4 is 34.2 Å². The van der Waals surface area contributed by atoms with Crippen molar-refractivity contribution in [2.24, 2.45) is 5.92 Å². The lowest BCUT2D eigenvalue weighted by atomic mass is 10.1. The lowest BCUT2D eigenvalue weighted by molar-refractivity contribution is -0.132. The predicted molar refractivity (Wildman–Crippen MR) is 170 cm³/mol. The molecule has 4 aromatic rings. The average Bonchev–Trinajstić information content (AvgIpc) is 3.77. The predicted octanol–water partition coefficient (Wildman–Crippen LogP) is 3.72. The van der Waals surface area contributed by atoms with Crippen molar-refractivity contribution in [3.63, 3.8) is 0 Å². The van der Waals surface area contributed by atoms with Crippen LogP contribution in [0.25, 0.3) is 11.5 Å². The maximum absolute atomic E-state index is 13.4. The largest absolute Gasteiger partial charge is 0.493 e. The van der Waals surface area contributed by atoms with Crippen LogP contribution in [0.1, 0.15) is 28.4 Å². The molecule has 13 nitrogen and oxygen atoms in total. The fraction of sp³-hybridized carbons (Fsp3) is 0.375. The first kappa shape index (κ1) is 31.2. The van der Waals surface area contributed by atoms with Gasteiger partial charge in [-0.15, -0.1) is 21.5 Å². The summed E-state index contributed by atoms with van der Waals surface area (Å²) in [5.41, 5.74) is 1.63. The Balaban J connectivity index is 1.16. The molecule has 2 aromatic heterocycles. The van der Waals surface area contributed by atoms with Gasteiger partial charge in [0.1, 0.15) is 17.2 Å². The number of aromatic nitrogens is 3. The molecule has 14 heteroatoms. The molecule has 1 N–H and O–H groups in total. The molecule has 0 radical (unpaired) electrons. The second kappa shape index (κ2) is 13.7. The number of piperazine rings is 1. The highest BCUT2D eigenvalue weighted by molar-refractivity contribution is 7.14. The molecular formula is C32H35N7O6S. The van der Waals surface area contributed by atoms with Crippen LogP contribution in [0.3, 0.4) is 0 Å². The third-order valence-electron chi connectivity index (χ3n) is 7.96. The van der Waals surface area contributed by atoms with Crippen LogP contribution in [0.4, 0.5) is 5.13 Å². The highest BCUT2D eigenvalue weighted by Gasteiger charge is 2.29. The number of ether oxygens (including phenoxy) is 2. The number of nitrogens with one attached hydrogen (secondary N) is 1. The smallest absolute Gasteiger partial charge is 0.257 e. The molecule has 2 fully saturated rings. The zero-order valence-corrected chi connectivity index (χ0v) is 26.7. The number of aryl methyl sites for hydroxylation is 1. The van der Waals surface area contributed by atoms with E-state index in [9.17, 15) is 14.4 Å². The molecule has 1 unspecified atom stereocenters. The normalized spacial score (nSPS) is 16.9. The number of nitrogens with zero attached hydrogens (tertiary/aromatic N) is 6. The summed E-state index contributed by atoms with van der Waals surface area (Å²) in [6.07, 6.45) is 0.881. The van der Waals surface area contributed by atoms with Crippen LogP contribution in [0.15, 0.2) is 52.3 Å². The second-order valence-electron chi connectivity index (χ2n) is 11.5. The number of hydrogen-bond acceptors (Lipinski definition) is 11. The Morgan fingerprint density at radius 3 is 2.46 bits per heavy atom. The zero-order valence-electron chi connectivity index (χ0n) is 25.9. The first-order valence-corrected chi connectivity index (χ1v) is 15.9. The maximum atomic E-state index is 13.4. The molecule has 1 atom stereocenters. The average molecular weight is 646 g/mol. The molecule has 0 saturated carbocycles. The fourth-order valence-corrected chi connectivity index (χ4v) is 5.95. The first-order chi connectivity index (χ1) is 22.2. The summed E-state index contributed by atoms with van der Waals surface area (Å²) in [5.74, 6) is 1.54. The van der Waals surface area contributed by atoms with Crippen LogP contribution in [-0.4, -0.2) is 101 Å². The minimum Gasteiger partial charge on any atom is -0.493 e. The van der Waals surface area contributed by atoms with Crippen molar-refractivity contribution in [2.75, 3.05) is 58.7 Å². The van der Waals surface area contributed by atoms with Crippen molar-refractivity contribution in [1.82, 2.24) is 29.9 Å². The number of likely N-dealkylation sites (tertiary alicyclic amines) is 1. The minimum absolute atomic E-state index is 0.0232. The summed E-state index contributed by atoms with van der Waals surface area (Å²) >= 11 is 1.26. The number of benzene rings is 2. The Hall–Kier alpha value is -4.82. The highest BCUT2D eigenvalue weighted by atomic mass is 32.1. The van der Waals surface area contributed by atoms with Gasteiger partial charge in [-0.05, 0) is 49.9 Å². The van der Waals surface area contributed by atoms with Crippen LogP contribution in [0, 0.1) is 12.8 Å². The van der Waals surface area contributed by atoms with Crippen molar-refractivity contribution in [1.29, 1.82) is 0 Å². The van der Waals surface area contributed by atoms with E-state index in [0.717, 1.165) is 18.7 Å². The molecule has 0 aliphatic carbocycles. The van der Waals surface area contributed by atoms with Gasteiger partial charge in [0.05, 0.1) is 24.6 Å². The van der Waals surface area contributed by atoms with Crippen LogP contribution in [-0.2, 0) is 16.0 Å². The lowest BCUT2D eigenvalue weighted by Gasteiger charge is -2.32. The van der Waals surface area contributed by atoms with Gasteiger partial charge in [0, 0.05) is 69.3 Å². The molecule has 46 heavy (non-hydrogen) atoms. The summed E-state index contributed by atoms with van der Waals surface area (Å²) in [4.78, 5) is 48.8.